The molecule has 0 radical (unpaired) electrons. The molecule has 43 heavy (non-hydrogen) atoms. The molecule has 1 aliphatic heterocycles. The first-order valence-electron chi connectivity index (χ1n) is 14.6. The van der Waals surface area contributed by atoms with Crippen molar-refractivity contribution < 1.29 is 14.4 Å². The number of aryl methyl sites for hydroxylation is 1. The Bertz CT molecular complexity index is 1580. The van der Waals surface area contributed by atoms with E-state index in [1.165, 1.54) is 0 Å². The Morgan fingerprint density at radius 1 is 1.00 bits per heavy atom. The Morgan fingerprint density at radius 3 is 2.28 bits per heavy atom. The molecule has 3 aromatic rings. The number of amides is 4. The van der Waals surface area contributed by atoms with Crippen LogP contribution in [-0.2, 0) is 10.2 Å². The summed E-state index contributed by atoms with van der Waals surface area (Å²) < 4.78 is 0. The van der Waals surface area contributed by atoms with E-state index in [9.17, 15) is 14.4 Å². The lowest BCUT2D eigenvalue weighted by atomic mass is 9.87. The minimum Gasteiger partial charge on any atom is -0.358 e. The van der Waals surface area contributed by atoms with Crippen LogP contribution in [-0.4, -0.2) is 53.9 Å². The van der Waals surface area contributed by atoms with Crippen LogP contribution in [0.5, 0.6) is 0 Å². The fourth-order valence-corrected chi connectivity index (χ4v) is 5.73. The summed E-state index contributed by atoms with van der Waals surface area (Å²) in [6, 6.07) is 10.3. The summed E-state index contributed by atoms with van der Waals surface area (Å²) in [6.07, 6.45) is 1.76. The van der Waals surface area contributed by atoms with E-state index in [1.807, 2.05) is 26.0 Å². The third-order valence-corrected chi connectivity index (χ3v) is 8.01. The molecule has 0 spiro atoms. The molecular weight excluding hydrogens is 564 g/mol. The molecule has 0 saturated carbocycles. The number of nitrogens with one attached hydrogen (secondary N) is 5. The third kappa shape index (κ3) is 7.29. The number of H-pyrrole nitrogens is 1. The van der Waals surface area contributed by atoms with E-state index < -0.39 is 6.03 Å². The predicted octanol–water partition coefficient (Wildman–Crippen LogP) is 6.79. The zero-order valence-corrected chi connectivity index (χ0v) is 26.7. The van der Waals surface area contributed by atoms with E-state index in [1.54, 1.807) is 30.3 Å². The number of carbonyl (C=O) groups is 3. The van der Waals surface area contributed by atoms with Gasteiger partial charge in [0.1, 0.15) is 0 Å². The van der Waals surface area contributed by atoms with Crippen LogP contribution in [0.4, 0.5) is 21.9 Å². The lowest BCUT2D eigenvalue weighted by Crippen LogP contribution is -2.35. The third-order valence-electron chi connectivity index (χ3n) is 7.70. The number of aromatic amines is 1. The maximum absolute atomic E-state index is 13.0. The molecule has 0 bridgehead atoms. The Labute approximate surface area is 258 Å². The van der Waals surface area contributed by atoms with E-state index >= 15 is 0 Å². The molecule has 1 aromatic heterocycles. The van der Waals surface area contributed by atoms with Crippen molar-refractivity contribution in [2.24, 2.45) is 0 Å². The largest absolute Gasteiger partial charge is 0.358 e. The topological polar surface area (TPSA) is 118 Å². The number of urea groups is 1. The van der Waals surface area contributed by atoms with Gasteiger partial charge in [-0.3, -0.25) is 9.59 Å². The molecule has 0 fully saturated rings. The van der Waals surface area contributed by atoms with Crippen LogP contribution in [0.15, 0.2) is 36.4 Å². The number of carbonyl (C=O) groups excluding carboxylic acids is 3. The first kappa shape index (κ1) is 31.8. The molecule has 5 N–H and O–H groups in total. The molecule has 0 aliphatic carbocycles. The minimum atomic E-state index is -0.431. The molecule has 4 rings (SSSR count). The summed E-state index contributed by atoms with van der Waals surface area (Å²) in [4.78, 5) is 44.1. The number of likely N-dealkylation sites (N-methyl/N-ethyl adjacent to an activating group) is 1. The second-order valence-corrected chi connectivity index (χ2v) is 12.1. The molecule has 4 amide bonds. The smallest absolute Gasteiger partial charge is 0.323 e. The standard InChI is InChI=1S/C33H41ClN6O3/c1-8-40(9-2)15-14-35-31(42)29-19(3)27(36-20(29)4)18-24-23-12-10-22(17-28(23)39-30(24)41)38-32(43)37-21-11-13-25(26(34)16-21)33(5,6)7/h10-13,16-18,36H,8-9,14-15H2,1-7H3,(H,35,42)(H,39,41)(H2,37,38,43). The maximum atomic E-state index is 13.0. The molecule has 0 unspecified atom stereocenters. The van der Waals surface area contributed by atoms with E-state index in [0.29, 0.717) is 51.0 Å². The van der Waals surface area contributed by atoms with Gasteiger partial charge in [0, 0.05) is 46.4 Å². The second-order valence-electron chi connectivity index (χ2n) is 11.7. The zero-order chi connectivity index (χ0) is 31.5. The summed E-state index contributed by atoms with van der Waals surface area (Å²) >= 11 is 6.44. The lowest BCUT2D eigenvalue weighted by molar-refractivity contribution is -0.110. The number of halogens is 1. The first-order chi connectivity index (χ1) is 20.3. The Balaban J connectivity index is 1.46. The van der Waals surface area contributed by atoms with E-state index in [-0.39, 0.29) is 17.2 Å². The Hall–Kier alpha value is -4.08. The number of hydrogen-bond acceptors (Lipinski definition) is 4. The minimum absolute atomic E-state index is 0.111. The first-order valence-corrected chi connectivity index (χ1v) is 14.9. The van der Waals surface area contributed by atoms with Gasteiger partial charge in [0.15, 0.2) is 0 Å². The fraction of sp³-hybridized carbons (Fsp3) is 0.364. The van der Waals surface area contributed by atoms with Gasteiger partial charge in [-0.25, -0.2) is 4.79 Å². The van der Waals surface area contributed by atoms with E-state index in [0.717, 1.165) is 36.5 Å². The molecule has 2 heterocycles. The highest BCUT2D eigenvalue weighted by Crippen LogP contribution is 2.36. The number of fused-ring (bicyclic) bond motifs is 1. The highest BCUT2D eigenvalue weighted by Gasteiger charge is 2.26. The number of anilines is 3. The van der Waals surface area contributed by atoms with Gasteiger partial charge >= 0.3 is 6.03 Å². The highest BCUT2D eigenvalue weighted by molar-refractivity contribution is 6.35. The van der Waals surface area contributed by atoms with Crippen molar-refractivity contribution in [1.29, 1.82) is 0 Å². The normalized spacial score (nSPS) is 13.7. The van der Waals surface area contributed by atoms with Crippen LogP contribution in [0.1, 0.15) is 73.1 Å². The van der Waals surface area contributed by atoms with E-state index in [2.05, 4.69) is 65.8 Å². The summed E-state index contributed by atoms with van der Waals surface area (Å²) in [5, 5.41) is 12.1. The molecule has 0 atom stereocenters. The van der Waals surface area contributed by atoms with Crippen molar-refractivity contribution in [2.75, 3.05) is 42.1 Å². The fourth-order valence-electron chi connectivity index (χ4n) is 5.27. The summed E-state index contributed by atoms with van der Waals surface area (Å²) in [6.45, 7) is 17.4. The zero-order valence-electron chi connectivity index (χ0n) is 25.9. The molecule has 2 aromatic carbocycles. The predicted molar refractivity (Wildman–Crippen MR) is 176 cm³/mol. The van der Waals surface area contributed by atoms with Crippen LogP contribution >= 0.6 is 11.6 Å². The molecule has 9 nitrogen and oxygen atoms in total. The Kier molecular flexibility index (Phi) is 9.67. The number of rotatable bonds is 9. The SMILES string of the molecule is CCN(CC)CCNC(=O)c1c(C)[nH]c(C=C2C(=O)Nc3cc(NC(=O)Nc4ccc(C(C)(C)C)c(Cl)c4)ccc32)c1C. The van der Waals surface area contributed by atoms with Gasteiger partial charge in [-0.1, -0.05) is 58.4 Å². The molecule has 10 heteroatoms. The number of aromatic nitrogens is 1. The van der Waals surface area contributed by atoms with Gasteiger partial charge in [0.2, 0.25) is 0 Å². The van der Waals surface area contributed by atoms with Crippen LogP contribution in [0.3, 0.4) is 0 Å². The van der Waals surface area contributed by atoms with Gasteiger partial charge in [0.05, 0.1) is 16.8 Å². The van der Waals surface area contributed by atoms with Crippen molar-refractivity contribution in [3.8, 4) is 0 Å². The summed E-state index contributed by atoms with van der Waals surface area (Å²) in [7, 11) is 0. The summed E-state index contributed by atoms with van der Waals surface area (Å²) in [5.41, 5.74) is 6.53. The van der Waals surface area contributed by atoms with Gasteiger partial charge < -0.3 is 31.2 Å². The van der Waals surface area contributed by atoms with Crippen molar-refractivity contribution in [3.63, 3.8) is 0 Å². The van der Waals surface area contributed by atoms with Crippen molar-refractivity contribution in [1.82, 2.24) is 15.2 Å². The maximum Gasteiger partial charge on any atom is 0.323 e. The number of nitrogens with zero attached hydrogens (tertiary/aromatic N) is 1. The number of hydrogen-bond donors (Lipinski definition) is 5. The van der Waals surface area contributed by atoms with Gasteiger partial charge in [0.25, 0.3) is 11.8 Å². The van der Waals surface area contributed by atoms with Gasteiger partial charge in [-0.2, -0.15) is 0 Å². The van der Waals surface area contributed by atoms with Crippen molar-refractivity contribution in [2.45, 2.75) is 53.9 Å². The molecule has 1 aliphatic rings. The quantitative estimate of drug-likeness (QED) is 0.173. The van der Waals surface area contributed by atoms with Crippen LogP contribution in [0.25, 0.3) is 11.6 Å². The molecule has 228 valence electrons. The molecule has 0 saturated heterocycles. The second kappa shape index (κ2) is 13.1. The van der Waals surface area contributed by atoms with E-state index in [4.69, 9.17) is 11.6 Å². The average Bonchev–Trinajstić information content (AvgIpc) is 3.39. The van der Waals surface area contributed by atoms with Crippen molar-refractivity contribution in [3.05, 3.63) is 75.1 Å². The molecular formula is C33H41ClN6O3. The summed E-state index contributed by atoms with van der Waals surface area (Å²) in [5.74, 6) is -0.400. The van der Waals surface area contributed by atoms with Crippen molar-refractivity contribution >= 4 is 58.2 Å². The lowest BCUT2D eigenvalue weighted by Gasteiger charge is -2.21. The van der Waals surface area contributed by atoms with Crippen LogP contribution in [0, 0.1) is 13.8 Å². The highest BCUT2D eigenvalue weighted by atomic mass is 35.5. The number of benzene rings is 2. The van der Waals surface area contributed by atoms with Crippen LogP contribution < -0.4 is 21.3 Å². The monoisotopic (exact) mass is 604 g/mol. The average molecular weight is 605 g/mol. The van der Waals surface area contributed by atoms with Gasteiger partial charge in [-0.15, -0.1) is 0 Å². The van der Waals surface area contributed by atoms with Gasteiger partial charge in [-0.05, 0) is 73.8 Å². The van der Waals surface area contributed by atoms with Crippen LogP contribution in [0.2, 0.25) is 5.02 Å². The Morgan fingerprint density at radius 2 is 1.65 bits per heavy atom.